The monoisotopic (exact) mass is 271 g/mol. The number of rotatable bonds is 6. The van der Waals surface area contributed by atoms with Gasteiger partial charge in [-0.15, -0.1) is 0 Å². The Labute approximate surface area is 109 Å². The first-order chi connectivity index (χ1) is 8.37. The van der Waals surface area contributed by atoms with Crippen molar-refractivity contribution in [3.8, 4) is 0 Å². The number of anilines is 1. The minimum absolute atomic E-state index is 0.209. The zero-order valence-electron chi connectivity index (χ0n) is 11.3. The molecule has 0 bridgehead atoms. The molecule has 5 nitrogen and oxygen atoms in total. The van der Waals surface area contributed by atoms with Crippen LogP contribution in [0.3, 0.4) is 0 Å². The van der Waals surface area contributed by atoms with Crippen LogP contribution in [0.2, 0.25) is 0 Å². The first kappa shape index (κ1) is 14.9. The van der Waals surface area contributed by atoms with Crippen LogP contribution in [0.1, 0.15) is 26.7 Å². The van der Waals surface area contributed by atoms with Crippen molar-refractivity contribution in [2.24, 2.45) is 0 Å². The van der Waals surface area contributed by atoms with Gasteiger partial charge in [0.25, 0.3) is 0 Å². The first-order valence-electron chi connectivity index (χ1n) is 6.03. The predicted octanol–water partition coefficient (Wildman–Crippen LogP) is 1.93. The second-order valence-corrected chi connectivity index (χ2v) is 6.65. The summed E-state index contributed by atoms with van der Waals surface area (Å²) in [6.07, 6.45) is 3.54. The average molecular weight is 271 g/mol. The number of pyridine rings is 1. The second kappa shape index (κ2) is 6.15. The molecule has 0 fully saturated rings. The lowest BCUT2D eigenvalue weighted by Crippen LogP contribution is -2.22. The SMILES string of the molecule is CCCC(C)Nc1ccc(S(=O)(=O)N(C)C)cn1. The summed E-state index contributed by atoms with van der Waals surface area (Å²) in [5.41, 5.74) is 0. The molecule has 0 aliphatic rings. The van der Waals surface area contributed by atoms with Crippen LogP contribution in [0, 0.1) is 0 Å². The van der Waals surface area contributed by atoms with Gasteiger partial charge in [-0.2, -0.15) is 0 Å². The van der Waals surface area contributed by atoms with Gasteiger partial charge < -0.3 is 5.32 Å². The lowest BCUT2D eigenvalue weighted by atomic mass is 10.2. The quantitative estimate of drug-likeness (QED) is 0.859. The molecule has 0 saturated heterocycles. The van der Waals surface area contributed by atoms with Crippen LogP contribution >= 0.6 is 0 Å². The third-order valence-electron chi connectivity index (χ3n) is 2.63. The molecule has 1 unspecified atom stereocenters. The van der Waals surface area contributed by atoms with Crippen molar-refractivity contribution in [3.63, 3.8) is 0 Å². The van der Waals surface area contributed by atoms with Gasteiger partial charge in [-0.25, -0.2) is 17.7 Å². The molecule has 0 radical (unpaired) electrons. The van der Waals surface area contributed by atoms with Gasteiger partial charge in [0.05, 0.1) is 0 Å². The summed E-state index contributed by atoms with van der Waals surface area (Å²) in [7, 11) is -0.380. The van der Waals surface area contributed by atoms with Crippen molar-refractivity contribution in [2.45, 2.75) is 37.6 Å². The molecule has 1 rings (SSSR count). The van der Waals surface area contributed by atoms with E-state index in [1.807, 2.05) is 0 Å². The third-order valence-corrected chi connectivity index (χ3v) is 4.43. The van der Waals surface area contributed by atoms with E-state index in [0.29, 0.717) is 11.9 Å². The Hall–Kier alpha value is -1.14. The van der Waals surface area contributed by atoms with E-state index in [4.69, 9.17) is 0 Å². The minimum Gasteiger partial charge on any atom is -0.368 e. The van der Waals surface area contributed by atoms with Gasteiger partial charge in [0.1, 0.15) is 10.7 Å². The highest BCUT2D eigenvalue weighted by atomic mass is 32.2. The number of aromatic nitrogens is 1. The van der Waals surface area contributed by atoms with E-state index in [9.17, 15) is 8.42 Å². The fourth-order valence-corrected chi connectivity index (χ4v) is 2.43. The Balaban J connectivity index is 2.81. The summed E-state index contributed by atoms with van der Waals surface area (Å²) in [4.78, 5) is 4.34. The third kappa shape index (κ3) is 3.68. The van der Waals surface area contributed by atoms with E-state index in [0.717, 1.165) is 12.8 Å². The van der Waals surface area contributed by atoms with E-state index < -0.39 is 10.0 Å². The van der Waals surface area contributed by atoms with Crippen molar-refractivity contribution in [1.82, 2.24) is 9.29 Å². The van der Waals surface area contributed by atoms with Gasteiger partial charge in [-0.05, 0) is 25.5 Å². The molecule has 0 spiro atoms. The highest BCUT2D eigenvalue weighted by Crippen LogP contribution is 2.14. The molecule has 1 aromatic rings. The van der Waals surface area contributed by atoms with Crippen LogP contribution in [0.4, 0.5) is 5.82 Å². The van der Waals surface area contributed by atoms with E-state index in [2.05, 4.69) is 24.1 Å². The van der Waals surface area contributed by atoms with Crippen molar-refractivity contribution >= 4 is 15.8 Å². The van der Waals surface area contributed by atoms with E-state index in [1.54, 1.807) is 12.1 Å². The molecule has 0 aromatic carbocycles. The summed E-state index contributed by atoms with van der Waals surface area (Å²) < 4.78 is 24.8. The van der Waals surface area contributed by atoms with Gasteiger partial charge in [0, 0.05) is 26.3 Å². The van der Waals surface area contributed by atoms with Gasteiger partial charge in [0.2, 0.25) is 10.0 Å². The largest absolute Gasteiger partial charge is 0.368 e. The summed E-state index contributed by atoms with van der Waals surface area (Å²) in [5, 5.41) is 3.23. The molecule has 6 heteroatoms. The number of sulfonamides is 1. The fourth-order valence-electron chi connectivity index (χ4n) is 1.59. The van der Waals surface area contributed by atoms with E-state index in [1.165, 1.54) is 24.6 Å². The topological polar surface area (TPSA) is 62.3 Å². The fraction of sp³-hybridized carbons (Fsp3) is 0.583. The Kier molecular flexibility index (Phi) is 5.10. The Morgan fingerprint density at radius 2 is 2.06 bits per heavy atom. The maximum absolute atomic E-state index is 11.8. The van der Waals surface area contributed by atoms with Gasteiger partial charge in [-0.3, -0.25) is 0 Å². The summed E-state index contributed by atoms with van der Waals surface area (Å²) in [6, 6.07) is 3.60. The molecular formula is C12H21N3O2S. The Bertz CT molecular complexity index is 469. The number of hydrogen-bond acceptors (Lipinski definition) is 4. The number of nitrogens with one attached hydrogen (secondary N) is 1. The highest BCUT2D eigenvalue weighted by molar-refractivity contribution is 7.89. The van der Waals surface area contributed by atoms with E-state index >= 15 is 0 Å². The van der Waals surface area contributed by atoms with Gasteiger partial charge in [0.15, 0.2) is 0 Å². The maximum atomic E-state index is 11.8. The summed E-state index contributed by atoms with van der Waals surface area (Å²) in [6.45, 7) is 4.20. The number of hydrogen-bond donors (Lipinski definition) is 1. The zero-order chi connectivity index (χ0) is 13.8. The predicted molar refractivity (Wildman–Crippen MR) is 73.1 cm³/mol. The van der Waals surface area contributed by atoms with Crippen LogP contribution in [0.5, 0.6) is 0 Å². The van der Waals surface area contributed by atoms with Crippen LogP contribution in [0.15, 0.2) is 23.2 Å². The normalized spacial score (nSPS) is 13.6. The Morgan fingerprint density at radius 3 is 2.50 bits per heavy atom. The van der Waals surface area contributed by atoms with Crippen LogP contribution in [-0.4, -0.2) is 37.8 Å². The maximum Gasteiger partial charge on any atom is 0.244 e. The van der Waals surface area contributed by atoms with Gasteiger partial charge >= 0.3 is 0 Å². The standard InChI is InChI=1S/C12H21N3O2S/c1-5-6-10(2)14-12-8-7-11(9-13-12)18(16,17)15(3)4/h7-10H,5-6H2,1-4H3,(H,13,14). The van der Waals surface area contributed by atoms with Crippen molar-refractivity contribution in [2.75, 3.05) is 19.4 Å². The molecular weight excluding hydrogens is 250 g/mol. The van der Waals surface area contributed by atoms with Crippen LogP contribution in [0.25, 0.3) is 0 Å². The number of nitrogens with zero attached hydrogens (tertiary/aromatic N) is 2. The molecule has 18 heavy (non-hydrogen) atoms. The average Bonchev–Trinajstić information content (AvgIpc) is 2.29. The van der Waals surface area contributed by atoms with Crippen molar-refractivity contribution in [3.05, 3.63) is 18.3 Å². The molecule has 0 amide bonds. The smallest absolute Gasteiger partial charge is 0.244 e. The molecule has 0 saturated carbocycles. The van der Waals surface area contributed by atoms with Crippen molar-refractivity contribution in [1.29, 1.82) is 0 Å². The van der Waals surface area contributed by atoms with E-state index in [-0.39, 0.29) is 4.90 Å². The molecule has 1 heterocycles. The Morgan fingerprint density at radius 1 is 1.39 bits per heavy atom. The van der Waals surface area contributed by atoms with Crippen LogP contribution in [-0.2, 0) is 10.0 Å². The second-order valence-electron chi connectivity index (χ2n) is 4.50. The lowest BCUT2D eigenvalue weighted by molar-refractivity contribution is 0.520. The summed E-state index contributed by atoms with van der Waals surface area (Å²) in [5.74, 6) is 0.702. The lowest BCUT2D eigenvalue weighted by Gasteiger charge is -2.14. The minimum atomic E-state index is -3.39. The molecule has 0 aliphatic carbocycles. The molecule has 0 aliphatic heterocycles. The molecule has 1 atom stereocenters. The van der Waals surface area contributed by atoms with Crippen molar-refractivity contribution < 1.29 is 8.42 Å². The molecule has 102 valence electrons. The first-order valence-corrected chi connectivity index (χ1v) is 7.47. The molecule has 1 aromatic heterocycles. The van der Waals surface area contributed by atoms with Gasteiger partial charge in [-0.1, -0.05) is 13.3 Å². The zero-order valence-corrected chi connectivity index (χ0v) is 12.2. The summed E-state index contributed by atoms with van der Waals surface area (Å²) >= 11 is 0. The van der Waals surface area contributed by atoms with Crippen LogP contribution < -0.4 is 5.32 Å². The molecule has 1 N–H and O–H groups in total. The highest BCUT2D eigenvalue weighted by Gasteiger charge is 2.17.